The lowest BCUT2D eigenvalue weighted by Gasteiger charge is -1.80. The third-order valence-corrected chi connectivity index (χ3v) is 3.82. The maximum absolute atomic E-state index is 7.99. The van der Waals surface area contributed by atoms with Gasteiger partial charge in [-0.05, 0) is 0 Å². The van der Waals surface area contributed by atoms with Crippen molar-refractivity contribution in [3.8, 4) is 0 Å². The van der Waals surface area contributed by atoms with Gasteiger partial charge in [-0.3, -0.25) is 14.7 Å². The molecule has 0 amide bonds. The molecule has 0 aromatic carbocycles. The van der Waals surface area contributed by atoms with Crippen molar-refractivity contribution in [1.82, 2.24) is 0 Å². The molecule has 0 saturated carbocycles. The lowest BCUT2D eigenvalue weighted by Crippen LogP contribution is -1.68. The summed E-state index contributed by atoms with van der Waals surface area (Å²) in [5, 5.41) is 0. The Bertz CT molecular complexity index is 72.5. The fourth-order valence-electron chi connectivity index (χ4n) is 0. The molecule has 6 heteroatoms. The molecule has 6 heavy (non-hydrogen) atoms. The topological polar surface area (TPSA) is 60.7 Å². The first kappa shape index (κ1) is 6.96. The number of hydrogen-bond donors (Lipinski definition) is 3. The fraction of sp³-hybridized carbons (Fsp3) is 0. The minimum Gasteiger partial charge on any atom is -0.290 e. The van der Waals surface area contributed by atoms with E-state index in [4.69, 9.17) is 14.7 Å². The van der Waals surface area contributed by atoms with Gasteiger partial charge in [-0.15, -0.1) is 0 Å². The standard InChI is InChI=1S/H5O3P2S/c1-5(2,3)6-4/h1-3H,4H2/q+1. The Kier molecular flexibility index (Phi) is 2.68. The van der Waals surface area contributed by atoms with Gasteiger partial charge in [-0.2, -0.15) is 0 Å². The second-order valence-corrected chi connectivity index (χ2v) is 5.86. The Morgan fingerprint density at radius 3 is 1.50 bits per heavy atom. The average molecular weight is 147 g/mol. The van der Waals surface area contributed by atoms with Crippen LogP contribution < -0.4 is 0 Å². The molecule has 0 spiro atoms. The van der Waals surface area contributed by atoms with Gasteiger partial charge < -0.3 is 0 Å². The molecule has 0 heterocycles. The summed E-state index contributed by atoms with van der Waals surface area (Å²) in [5.74, 6) is 0. The number of hydrogen-bond acceptors (Lipinski definition) is 0. The Labute approximate surface area is 41.2 Å². The largest absolute Gasteiger partial charge is 0.516 e. The van der Waals surface area contributed by atoms with Gasteiger partial charge in [-0.25, -0.2) is 0 Å². The van der Waals surface area contributed by atoms with E-state index in [0.717, 1.165) is 0 Å². The van der Waals surface area contributed by atoms with E-state index in [0.29, 0.717) is 10.6 Å². The SMILES string of the molecule is OP(O)(O)=[S+]P. The van der Waals surface area contributed by atoms with Crippen LogP contribution in [0.3, 0.4) is 0 Å². The van der Waals surface area contributed by atoms with Crippen LogP contribution in [0.25, 0.3) is 0 Å². The van der Waals surface area contributed by atoms with E-state index in [-0.39, 0.29) is 0 Å². The van der Waals surface area contributed by atoms with E-state index in [1.807, 2.05) is 8.44 Å². The fourth-order valence-corrected chi connectivity index (χ4v) is 0. The van der Waals surface area contributed by atoms with Crippen LogP contribution in [0.4, 0.5) is 0 Å². The first-order chi connectivity index (χ1) is 2.56. The predicted molar refractivity (Wildman–Crippen MR) is 30.7 cm³/mol. The van der Waals surface area contributed by atoms with Crippen LogP contribution in [-0.4, -0.2) is 14.7 Å². The Balaban J connectivity index is 3.79. The number of rotatable bonds is 0. The Morgan fingerprint density at radius 2 is 1.50 bits per heavy atom. The lowest BCUT2D eigenvalue weighted by atomic mass is 15.8. The zero-order valence-corrected chi connectivity index (χ0v) is 5.64. The summed E-state index contributed by atoms with van der Waals surface area (Å²) in [6.07, 6.45) is 0. The van der Waals surface area contributed by atoms with Crippen molar-refractivity contribution in [3.63, 3.8) is 0 Å². The molecule has 0 fully saturated rings. The third-order valence-electron chi connectivity index (χ3n) is 0.141. The highest BCUT2D eigenvalue weighted by molar-refractivity contribution is 8.46. The lowest BCUT2D eigenvalue weighted by molar-refractivity contribution is 0.363. The van der Waals surface area contributed by atoms with Crippen LogP contribution in [0.1, 0.15) is 0 Å². The second kappa shape index (κ2) is 2.31. The van der Waals surface area contributed by atoms with E-state index in [2.05, 4.69) is 0 Å². The van der Waals surface area contributed by atoms with E-state index < -0.39 is 6.72 Å². The average Bonchev–Trinajstić information content (AvgIpc) is 1.35. The summed E-state index contributed by atoms with van der Waals surface area (Å²) in [4.78, 5) is 24.0. The van der Waals surface area contributed by atoms with Crippen LogP contribution in [0, 0.1) is 0 Å². The summed E-state index contributed by atoms with van der Waals surface area (Å²) < 4.78 is 0. The van der Waals surface area contributed by atoms with E-state index >= 15 is 0 Å². The second-order valence-electron chi connectivity index (χ2n) is 0.619. The molecule has 0 aliphatic rings. The minimum absolute atomic E-state index is 0.576. The van der Waals surface area contributed by atoms with Crippen LogP contribution in [0.2, 0.25) is 0 Å². The molecule has 0 aromatic heterocycles. The summed E-state index contributed by atoms with van der Waals surface area (Å²) in [7, 11) is 2.52. The smallest absolute Gasteiger partial charge is 0.290 e. The van der Waals surface area contributed by atoms with E-state index in [1.54, 1.807) is 0 Å². The van der Waals surface area contributed by atoms with Crippen molar-refractivity contribution < 1.29 is 14.7 Å². The van der Waals surface area contributed by atoms with Crippen molar-refractivity contribution in [2.45, 2.75) is 0 Å². The van der Waals surface area contributed by atoms with Gasteiger partial charge in [0.2, 0.25) is 10.6 Å². The summed E-state index contributed by atoms with van der Waals surface area (Å²) in [6, 6.07) is 0. The van der Waals surface area contributed by atoms with E-state index in [1.165, 1.54) is 0 Å². The van der Waals surface area contributed by atoms with Crippen molar-refractivity contribution >= 4 is 25.7 Å². The Morgan fingerprint density at radius 1 is 1.33 bits per heavy atom. The van der Waals surface area contributed by atoms with Gasteiger partial charge in [0.25, 0.3) is 0 Å². The van der Waals surface area contributed by atoms with Gasteiger partial charge in [0.05, 0.1) is 0 Å². The molecule has 0 aliphatic carbocycles. The molecular formula is H5O3P2S+. The highest BCUT2D eigenvalue weighted by Crippen LogP contribution is 2.32. The summed E-state index contributed by atoms with van der Waals surface area (Å²) >= 11 is 0. The van der Waals surface area contributed by atoms with Gasteiger partial charge in [0.1, 0.15) is 0 Å². The quantitative estimate of drug-likeness (QED) is 0.320. The molecule has 1 atom stereocenters. The zero-order valence-electron chi connectivity index (χ0n) is 2.77. The Hall–Kier alpha value is 0.960. The van der Waals surface area contributed by atoms with Crippen LogP contribution in [0.15, 0.2) is 0 Å². The van der Waals surface area contributed by atoms with E-state index in [9.17, 15) is 0 Å². The van der Waals surface area contributed by atoms with Gasteiger partial charge in [-0.1, -0.05) is 0 Å². The van der Waals surface area contributed by atoms with Gasteiger partial charge >= 0.3 is 6.72 Å². The van der Waals surface area contributed by atoms with Gasteiger partial charge in [0.15, 0.2) is 8.44 Å². The summed E-state index contributed by atoms with van der Waals surface area (Å²) in [5.41, 5.74) is 0. The normalized spacial score (nSPS) is 11.3. The first-order valence-corrected chi connectivity index (χ1v) is 5.56. The maximum Gasteiger partial charge on any atom is 0.516 e. The molecule has 0 radical (unpaired) electrons. The molecule has 1 unspecified atom stereocenters. The van der Waals surface area contributed by atoms with Crippen molar-refractivity contribution in [2.24, 2.45) is 0 Å². The van der Waals surface area contributed by atoms with Crippen molar-refractivity contribution in [1.29, 1.82) is 0 Å². The molecular weight excluding hydrogens is 142 g/mol. The molecule has 0 rings (SSSR count). The zero-order chi connectivity index (χ0) is 5.21. The highest BCUT2D eigenvalue weighted by atomic mass is 32.9. The molecule has 38 valence electrons. The predicted octanol–water partition coefficient (Wildman–Crippen LogP) is -0.486. The molecule has 3 N–H and O–H groups in total. The maximum atomic E-state index is 7.99. The molecule has 0 aromatic rings. The third kappa shape index (κ3) is 4.96. The monoisotopic (exact) mass is 147 g/mol. The van der Waals surface area contributed by atoms with Gasteiger partial charge in [0, 0.05) is 0 Å². The minimum atomic E-state index is -3.52. The first-order valence-electron chi connectivity index (χ1n) is 1.02. The molecule has 3 nitrogen and oxygen atoms in total. The van der Waals surface area contributed by atoms with Crippen LogP contribution >= 0.6 is 15.2 Å². The van der Waals surface area contributed by atoms with Crippen LogP contribution in [0.5, 0.6) is 0 Å². The van der Waals surface area contributed by atoms with Crippen molar-refractivity contribution in [2.75, 3.05) is 0 Å². The van der Waals surface area contributed by atoms with Crippen molar-refractivity contribution in [3.05, 3.63) is 0 Å². The highest BCUT2D eigenvalue weighted by Gasteiger charge is 2.13. The molecule has 0 bridgehead atoms. The summed E-state index contributed by atoms with van der Waals surface area (Å²) in [6.45, 7) is -3.52. The molecule has 0 aliphatic heterocycles. The van der Waals surface area contributed by atoms with Crippen LogP contribution in [-0.2, 0) is 10.6 Å². The molecule has 0 saturated heterocycles.